The van der Waals surface area contributed by atoms with Gasteiger partial charge in [0, 0.05) is 0 Å². The molecule has 2 aromatic carbocycles. The van der Waals surface area contributed by atoms with E-state index < -0.39 is 12.7 Å². The largest absolute Gasteiger partial charge is 0.435 e. The van der Waals surface area contributed by atoms with Gasteiger partial charge in [0.05, 0.1) is 6.04 Å². The summed E-state index contributed by atoms with van der Waals surface area (Å²) in [5.74, 6) is -0.262. The predicted octanol–water partition coefficient (Wildman–Crippen LogP) is 3.78. The molecule has 0 aromatic heterocycles. The van der Waals surface area contributed by atoms with Crippen molar-refractivity contribution in [2.24, 2.45) is 5.73 Å². The van der Waals surface area contributed by atoms with Crippen LogP contribution >= 0.6 is 0 Å². The average Bonchev–Trinajstić information content (AvgIpc) is 2.41. The minimum atomic E-state index is -2.86. The molecule has 0 heterocycles. The molecule has 0 fully saturated rings. The second-order valence-electron chi connectivity index (χ2n) is 4.43. The Labute approximate surface area is 115 Å². The summed E-state index contributed by atoms with van der Waals surface area (Å²) in [6.07, 6.45) is 0. The van der Waals surface area contributed by atoms with E-state index in [2.05, 4.69) is 4.74 Å². The Kier molecular flexibility index (Phi) is 4.29. The number of nitrogens with two attached hydrogens (primary N) is 1. The summed E-state index contributed by atoms with van der Waals surface area (Å²) in [7, 11) is 0. The maximum Gasteiger partial charge on any atom is 0.387 e. The maximum absolute atomic E-state index is 13.5. The van der Waals surface area contributed by atoms with E-state index in [0.717, 1.165) is 0 Å². The first-order chi connectivity index (χ1) is 9.47. The zero-order valence-electron chi connectivity index (χ0n) is 10.8. The molecule has 1 unspecified atom stereocenters. The molecule has 0 aliphatic heterocycles. The lowest BCUT2D eigenvalue weighted by Crippen LogP contribution is -2.12. The highest BCUT2D eigenvalue weighted by atomic mass is 19.3. The van der Waals surface area contributed by atoms with Crippen molar-refractivity contribution in [1.82, 2.24) is 0 Å². The van der Waals surface area contributed by atoms with Gasteiger partial charge in [-0.1, -0.05) is 24.3 Å². The number of benzene rings is 2. The number of ether oxygens (including phenoxy) is 1. The maximum atomic E-state index is 13.5. The van der Waals surface area contributed by atoms with Crippen molar-refractivity contribution < 1.29 is 17.9 Å². The van der Waals surface area contributed by atoms with Gasteiger partial charge in [0.25, 0.3) is 0 Å². The molecule has 0 radical (unpaired) electrons. The first-order valence-corrected chi connectivity index (χ1v) is 6.04. The Balaban J connectivity index is 2.20. The van der Waals surface area contributed by atoms with Crippen LogP contribution in [-0.2, 0) is 0 Å². The molecule has 5 heteroatoms. The number of hydrogen-bond donors (Lipinski definition) is 1. The van der Waals surface area contributed by atoms with E-state index in [4.69, 9.17) is 5.73 Å². The van der Waals surface area contributed by atoms with E-state index in [1.54, 1.807) is 31.2 Å². The zero-order chi connectivity index (χ0) is 14.7. The van der Waals surface area contributed by atoms with Crippen LogP contribution in [-0.4, -0.2) is 6.61 Å². The van der Waals surface area contributed by atoms with E-state index in [1.165, 1.54) is 18.2 Å². The molecule has 0 aliphatic carbocycles. The van der Waals surface area contributed by atoms with Crippen molar-refractivity contribution >= 4 is 0 Å². The molecule has 0 aliphatic rings. The van der Waals surface area contributed by atoms with Crippen molar-refractivity contribution in [1.29, 1.82) is 0 Å². The lowest BCUT2D eigenvalue weighted by molar-refractivity contribution is -0.0498. The minimum absolute atomic E-state index is 0.0611. The van der Waals surface area contributed by atoms with Crippen molar-refractivity contribution in [3.8, 4) is 5.75 Å². The van der Waals surface area contributed by atoms with E-state index in [-0.39, 0.29) is 11.6 Å². The molecule has 1 atom stereocenters. The van der Waals surface area contributed by atoms with Crippen LogP contribution < -0.4 is 10.5 Å². The van der Waals surface area contributed by atoms with Gasteiger partial charge in [-0.15, -0.1) is 0 Å². The Morgan fingerprint density at radius 2 is 1.60 bits per heavy atom. The highest BCUT2D eigenvalue weighted by Gasteiger charge is 2.11. The Hall–Kier alpha value is -2.01. The van der Waals surface area contributed by atoms with Crippen LogP contribution in [0, 0.1) is 12.7 Å². The van der Waals surface area contributed by atoms with E-state index in [1.807, 2.05) is 0 Å². The summed E-state index contributed by atoms with van der Waals surface area (Å²) in [6.45, 7) is -1.19. The lowest BCUT2D eigenvalue weighted by atomic mass is 9.98. The summed E-state index contributed by atoms with van der Waals surface area (Å²) < 4.78 is 41.8. The molecule has 0 saturated heterocycles. The molecule has 2 rings (SSSR count). The first-order valence-electron chi connectivity index (χ1n) is 6.04. The number of halogens is 3. The monoisotopic (exact) mass is 281 g/mol. The van der Waals surface area contributed by atoms with Gasteiger partial charge in [-0.25, -0.2) is 4.39 Å². The van der Waals surface area contributed by atoms with E-state index in [0.29, 0.717) is 16.7 Å². The van der Waals surface area contributed by atoms with Crippen molar-refractivity contribution in [3.63, 3.8) is 0 Å². The molecule has 2 aromatic rings. The van der Waals surface area contributed by atoms with Crippen LogP contribution in [0.1, 0.15) is 22.7 Å². The molecule has 0 amide bonds. The molecule has 20 heavy (non-hydrogen) atoms. The smallest absolute Gasteiger partial charge is 0.387 e. The third kappa shape index (κ3) is 3.30. The topological polar surface area (TPSA) is 35.2 Å². The number of rotatable bonds is 4. The van der Waals surface area contributed by atoms with Gasteiger partial charge >= 0.3 is 6.61 Å². The molecule has 0 saturated carbocycles. The van der Waals surface area contributed by atoms with Gasteiger partial charge in [-0.3, -0.25) is 0 Å². The number of hydrogen-bond acceptors (Lipinski definition) is 2. The molecule has 106 valence electrons. The summed E-state index contributed by atoms with van der Waals surface area (Å²) in [6, 6.07) is 10.2. The van der Waals surface area contributed by atoms with Crippen molar-refractivity contribution in [2.45, 2.75) is 19.6 Å². The highest BCUT2D eigenvalue weighted by Crippen LogP contribution is 2.24. The van der Waals surface area contributed by atoms with Gasteiger partial charge in [-0.2, -0.15) is 8.78 Å². The minimum Gasteiger partial charge on any atom is -0.435 e. The SMILES string of the molecule is Cc1ccc(C(N)c2ccc(OC(F)F)cc2)cc1F. The van der Waals surface area contributed by atoms with Gasteiger partial charge in [0.2, 0.25) is 0 Å². The Morgan fingerprint density at radius 3 is 2.15 bits per heavy atom. The van der Waals surface area contributed by atoms with Crippen LogP contribution in [0.4, 0.5) is 13.2 Å². The van der Waals surface area contributed by atoms with Crippen LogP contribution in [0.15, 0.2) is 42.5 Å². The van der Waals surface area contributed by atoms with Crippen molar-refractivity contribution in [2.75, 3.05) is 0 Å². The van der Waals surface area contributed by atoms with Crippen LogP contribution in [0.25, 0.3) is 0 Å². The fraction of sp³-hybridized carbons (Fsp3) is 0.200. The van der Waals surface area contributed by atoms with Crippen LogP contribution in [0.5, 0.6) is 5.75 Å². The standard InChI is InChI=1S/C15H14F3NO/c1-9-2-3-11(8-13(9)16)14(19)10-4-6-12(7-5-10)20-15(17)18/h2-8,14-15H,19H2,1H3. The van der Waals surface area contributed by atoms with Crippen molar-refractivity contribution in [3.05, 3.63) is 65.0 Å². The molecule has 0 bridgehead atoms. The molecular weight excluding hydrogens is 267 g/mol. The number of alkyl halides is 2. The fourth-order valence-corrected chi connectivity index (χ4v) is 1.85. The zero-order valence-corrected chi connectivity index (χ0v) is 10.8. The van der Waals surface area contributed by atoms with E-state index >= 15 is 0 Å². The second-order valence-corrected chi connectivity index (χ2v) is 4.43. The highest BCUT2D eigenvalue weighted by molar-refractivity contribution is 5.36. The molecule has 0 spiro atoms. The fourth-order valence-electron chi connectivity index (χ4n) is 1.85. The molecular formula is C15H14F3NO. The van der Waals surface area contributed by atoms with Gasteiger partial charge in [0.15, 0.2) is 0 Å². The summed E-state index contributed by atoms with van der Waals surface area (Å²) >= 11 is 0. The first kappa shape index (κ1) is 14.4. The van der Waals surface area contributed by atoms with Gasteiger partial charge < -0.3 is 10.5 Å². The average molecular weight is 281 g/mol. The Bertz CT molecular complexity index is 584. The summed E-state index contributed by atoms with van der Waals surface area (Å²) in [5, 5.41) is 0. The van der Waals surface area contributed by atoms with Crippen LogP contribution in [0.3, 0.4) is 0 Å². The normalized spacial score (nSPS) is 12.5. The third-order valence-corrected chi connectivity index (χ3v) is 3.02. The summed E-state index contributed by atoms with van der Waals surface area (Å²) in [4.78, 5) is 0. The molecule has 2 nitrogen and oxygen atoms in total. The third-order valence-electron chi connectivity index (χ3n) is 3.02. The number of aryl methyl sites for hydroxylation is 1. The summed E-state index contributed by atoms with van der Waals surface area (Å²) in [5.41, 5.74) is 7.88. The van der Waals surface area contributed by atoms with Gasteiger partial charge in [0.1, 0.15) is 11.6 Å². The second kappa shape index (κ2) is 5.96. The lowest BCUT2D eigenvalue weighted by Gasteiger charge is -2.14. The quantitative estimate of drug-likeness (QED) is 0.925. The molecule has 2 N–H and O–H groups in total. The van der Waals surface area contributed by atoms with E-state index in [9.17, 15) is 13.2 Å². The predicted molar refractivity (Wildman–Crippen MR) is 70.2 cm³/mol. The van der Waals surface area contributed by atoms with Gasteiger partial charge in [-0.05, 0) is 41.8 Å². The Morgan fingerprint density at radius 1 is 1.00 bits per heavy atom. The van der Waals surface area contributed by atoms with Crippen LogP contribution in [0.2, 0.25) is 0 Å².